The number of benzene rings is 1. The van der Waals surface area contributed by atoms with Crippen LogP contribution in [0.4, 0.5) is 4.79 Å². The van der Waals surface area contributed by atoms with Gasteiger partial charge in [-0.05, 0) is 42.8 Å². The van der Waals surface area contributed by atoms with Gasteiger partial charge in [-0.1, -0.05) is 12.1 Å². The maximum absolute atomic E-state index is 12.5. The molecule has 0 atom stereocenters. The average molecular weight is 370 g/mol. The number of hydrogen-bond acceptors (Lipinski definition) is 6. The van der Waals surface area contributed by atoms with Crippen molar-refractivity contribution in [2.75, 3.05) is 13.7 Å². The van der Waals surface area contributed by atoms with Crippen LogP contribution in [0.3, 0.4) is 0 Å². The highest BCUT2D eigenvalue weighted by atomic mass is 16.5. The fourth-order valence-electron chi connectivity index (χ4n) is 2.57. The van der Waals surface area contributed by atoms with E-state index in [1.54, 1.807) is 24.3 Å². The number of amides is 3. The molecule has 0 aliphatic carbocycles. The molecular formula is C19H18N2O6. The summed E-state index contributed by atoms with van der Waals surface area (Å²) in [4.78, 5) is 37.1. The van der Waals surface area contributed by atoms with E-state index in [0.29, 0.717) is 18.1 Å². The molecule has 1 N–H and O–H groups in total. The number of methoxy groups -OCH3 is 1. The maximum Gasteiger partial charge on any atom is 0.373 e. The molecule has 1 aliphatic heterocycles. The molecule has 1 fully saturated rings. The highest BCUT2D eigenvalue weighted by molar-refractivity contribution is 6.13. The van der Waals surface area contributed by atoms with Crippen LogP contribution in [-0.2, 0) is 16.1 Å². The zero-order valence-electron chi connectivity index (χ0n) is 14.9. The van der Waals surface area contributed by atoms with E-state index in [1.807, 2.05) is 13.0 Å². The molecule has 3 rings (SSSR count). The van der Waals surface area contributed by atoms with Gasteiger partial charge >= 0.3 is 12.0 Å². The van der Waals surface area contributed by atoms with Gasteiger partial charge in [0.05, 0.1) is 20.3 Å². The number of carbonyl (C=O) groups is 3. The summed E-state index contributed by atoms with van der Waals surface area (Å²) in [5.41, 5.74) is 0.867. The maximum atomic E-state index is 12.5. The third-order valence-corrected chi connectivity index (χ3v) is 3.80. The Morgan fingerprint density at radius 1 is 1.26 bits per heavy atom. The zero-order valence-corrected chi connectivity index (χ0v) is 14.9. The standard InChI is InChI=1S/C19H18N2O6/c1-3-26-13-6-4-5-12(9-13)10-15-17(22)21(19(24)20-15)11-14-7-8-16(27-14)18(23)25-2/h4-10H,3,11H2,1-2H3,(H,20,24)/b15-10-. The van der Waals surface area contributed by atoms with Crippen molar-refractivity contribution in [1.29, 1.82) is 0 Å². The van der Waals surface area contributed by atoms with Crippen molar-refractivity contribution in [2.24, 2.45) is 0 Å². The van der Waals surface area contributed by atoms with Crippen molar-refractivity contribution < 1.29 is 28.3 Å². The monoisotopic (exact) mass is 370 g/mol. The van der Waals surface area contributed by atoms with Gasteiger partial charge in [0.1, 0.15) is 17.2 Å². The first kappa shape index (κ1) is 18.2. The van der Waals surface area contributed by atoms with Gasteiger partial charge < -0.3 is 19.2 Å². The number of furan rings is 1. The quantitative estimate of drug-likeness (QED) is 0.477. The molecule has 27 heavy (non-hydrogen) atoms. The number of hydrogen-bond donors (Lipinski definition) is 1. The Balaban J connectivity index is 1.76. The van der Waals surface area contributed by atoms with Crippen molar-refractivity contribution >= 4 is 24.0 Å². The molecule has 2 heterocycles. The summed E-state index contributed by atoms with van der Waals surface area (Å²) >= 11 is 0. The minimum atomic E-state index is -0.631. The molecule has 8 nitrogen and oxygen atoms in total. The van der Waals surface area contributed by atoms with Crippen LogP contribution in [0, 0.1) is 0 Å². The van der Waals surface area contributed by atoms with Gasteiger partial charge in [0.15, 0.2) is 0 Å². The largest absolute Gasteiger partial charge is 0.494 e. The molecule has 1 aliphatic rings. The normalized spacial score (nSPS) is 15.2. The molecule has 0 radical (unpaired) electrons. The Hall–Kier alpha value is -3.55. The highest BCUT2D eigenvalue weighted by Crippen LogP contribution is 2.20. The summed E-state index contributed by atoms with van der Waals surface area (Å²) in [7, 11) is 1.24. The van der Waals surface area contributed by atoms with Gasteiger partial charge in [-0.3, -0.25) is 9.69 Å². The number of nitrogens with zero attached hydrogens (tertiary/aromatic N) is 1. The van der Waals surface area contributed by atoms with Crippen LogP contribution in [-0.4, -0.2) is 36.5 Å². The first-order chi connectivity index (χ1) is 13.0. The average Bonchev–Trinajstić information content (AvgIpc) is 3.22. The van der Waals surface area contributed by atoms with E-state index in [4.69, 9.17) is 9.15 Å². The van der Waals surface area contributed by atoms with Crippen molar-refractivity contribution in [1.82, 2.24) is 10.2 Å². The summed E-state index contributed by atoms with van der Waals surface area (Å²) in [6, 6.07) is 9.55. The molecule has 1 aromatic heterocycles. The number of ether oxygens (including phenoxy) is 2. The fraction of sp³-hybridized carbons (Fsp3) is 0.211. The van der Waals surface area contributed by atoms with Crippen molar-refractivity contribution in [2.45, 2.75) is 13.5 Å². The Labute approximate surface area is 155 Å². The molecule has 1 aromatic carbocycles. The van der Waals surface area contributed by atoms with Gasteiger partial charge in [0.2, 0.25) is 5.76 Å². The summed E-state index contributed by atoms with van der Waals surface area (Å²) in [5, 5.41) is 2.54. The highest BCUT2D eigenvalue weighted by Gasteiger charge is 2.34. The Kier molecular flexibility index (Phi) is 5.25. The van der Waals surface area contributed by atoms with E-state index >= 15 is 0 Å². The summed E-state index contributed by atoms with van der Waals surface area (Å²) in [6.07, 6.45) is 1.57. The van der Waals surface area contributed by atoms with Crippen LogP contribution in [0.15, 0.2) is 46.5 Å². The van der Waals surface area contributed by atoms with Crippen LogP contribution < -0.4 is 10.1 Å². The molecule has 2 aromatic rings. The number of nitrogens with one attached hydrogen (secondary N) is 1. The minimum Gasteiger partial charge on any atom is -0.494 e. The molecule has 0 spiro atoms. The fourth-order valence-corrected chi connectivity index (χ4v) is 2.57. The lowest BCUT2D eigenvalue weighted by molar-refractivity contribution is -0.123. The first-order valence-corrected chi connectivity index (χ1v) is 8.26. The molecule has 0 saturated carbocycles. The molecule has 1 saturated heterocycles. The van der Waals surface area contributed by atoms with E-state index in [2.05, 4.69) is 10.1 Å². The predicted molar refractivity (Wildman–Crippen MR) is 94.7 cm³/mol. The lowest BCUT2D eigenvalue weighted by atomic mass is 10.2. The molecule has 140 valence electrons. The van der Waals surface area contributed by atoms with Gasteiger partial charge in [-0.15, -0.1) is 0 Å². The Morgan fingerprint density at radius 3 is 2.81 bits per heavy atom. The molecular weight excluding hydrogens is 352 g/mol. The molecule has 3 amide bonds. The number of rotatable bonds is 6. The second kappa shape index (κ2) is 7.77. The smallest absolute Gasteiger partial charge is 0.373 e. The minimum absolute atomic E-state index is 0.00283. The third kappa shape index (κ3) is 4.00. The van der Waals surface area contributed by atoms with Crippen LogP contribution in [0.2, 0.25) is 0 Å². The molecule has 8 heteroatoms. The number of imide groups is 1. The van der Waals surface area contributed by atoms with Crippen LogP contribution in [0.5, 0.6) is 5.75 Å². The zero-order chi connectivity index (χ0) is 19.4. The summed E-state index contributed by atoms with van der Waals surface area (Å²) in [5.74, 6) is -0.154. The lowest BCUT2D eigenvalue weighted by Gasteiger charge is -2.09. The van der Waals surface area contributed by atoms with Crippen LogP contribution in [0.25, 0.3) is 6.08 Å². The summed E-state index contributed by atoms with van der Waals surface area (Å²) < 4.78 is 15.3. The van der Waals surface area contributed by atoms with E-state index in [9.17, 15) is 14.4 Å². The van der Waals surface area contributed by atoms with E-state index < -0.39 is 17.9 Å². The SMILES string of the molecule is CCOc1cccc(/C=C2\NC(=O)N(Cc3ccc(C(=O)OC)o3)C2=O)c1. The second-order valence-corrected chi connectivity index (χ2v) is 5.64. The second-order valence-electron chi connectivity index (χ2n) is 5.64. The Morgan fingerprint density at radius 2 is 2.07 bits per heavy atom. The van der Waals surface area contributed by atoms with Crippen LogP contribution in [0.1, 0.15) is 28.8 Å². The van der Waals surface area contributed by atoms with E-state index in [1.165, 1.54) is 19.2 Å². The van der Waals surface area contributed by atoms with Crippen molar-refractivity contribution in [3.05, 3.63) is 59.2 Å². The predicted octanol–water partition coefficient (Wildman–Crippen LogP) is 2.56. The topological polar surface area (TPSA) is 98.1 Å². The van der Waals surface area contributed by atoms with Gasteiger partial charge in [0.25, 0.3) is 5.91 Å². The first-order valence-electron chi connectivity index (χ1n) is 8.26. The van der Waals surface area contributed by atoms with E-state index in [0.717, 1.165) is 10.5 Å². The van der Waals surface area contributed by atoms with Gasteiger partial charge in [-0.2, -0.15) is 0 Å². The van der Waals surface area contributed by atoms with Crippen LogP contribution >= 0.6 is 0 Å². The molecule has 0 bridgehead atoms. The lowest BCUT2D eigenvalue weighted by Crippen LogP contribution is -2.30. The third-order valence-electron chi connectivity index (χ3n) is 3.80. The Bertz CT molecular complexity index is 914. The molecule has 0 unspecified atom stereocenters. The van der Waals surface area contributed by atoms with Crippen molar-refractivity contribution in [3.8, 4) is 5.75 Å². The van der Waals surface area contributed by atoms with Crippen molar-refractivity contribution in [3.63, 3.8) is 0 Å². The number of esters is 1. The summed E-state index contributed by atoms with van der Waals surface area (Å²) in [6.45, 7) is 2.31. The van der Waals surface area contributed by atoms with Gasteiger partial charge in [0, 0.05) is 0 Å². The number of carbonyl (C=O) groups excluding carboxylic acids is 3. The number of urea groups is 1. The van der Waals surface area contributed by atoms with Gasteiger partial charge in [-0.25, -0.2) is 9.59 Å². The van der Waals surface area contributed by atoms with E-state index in [-0.39, 0.29) is 18.0 Å².